The van der Waals surface area contributed by atoms with E-state index in [1.807, 2.05) is 5.01 Å². The van der Waals surface area contributed by atoms with Crippen molar-refractivity contribution in [3.8, 4) is 6.07 Å². The normalized spacial score (nSPS) is 28.4. The molecule has 0 aromatic heterocycles. The number of fused-ring (bicyclic) bond motifs is 1. The van der Waals surface area contributed by atoms with Crippen molar-refractivity contribution in [2.75, 3.05) is 11.9 Å². The SMILES string of the molecule is N#CC[C@@H](C1CC1)N1NC(Nc2ccc(C(O)C(F)(F)F)c(Cl)c2)C2C(=O)NCCC21. The van der Waals surface area contributed by atoms with E-state index in [1.165, 1.54) is 12.1 Å². The summed E-state index contributed by atoms with van der Waals surface area (Å²) >= 11 is 6.01. The Morgan fingerprint density at radius 2 is 2.10 bits per heavy atom. The number of aliphatic hydroxyl groups excluding tert-OH is 1. The van der Waals surface area contributed by atoms with E-state index in [0.29, 0.717) is 24.6 Å². The lowest BCUT2D eigenvalue weighted by Crippen LogP contribution is -2.52. The van der Waals surface area contributed by atoms with Crippen molar-refractivity contribution in [1.82, 2.24) is 15.8 Å². The van der Waals surface area contributed by atoms with Crippen LogP contribution in [0.1, 0.15) is 37.4 Å². The Kier molecular flexibility index (Phi) is 6.05. The molecule has 1 aromatic rings. The third-order valence-corrected chi connectivity index (χ3v) is 6.54. The summed E-state index contributed by atoms with van der Waals surface area (Å²) < 4.78 is 38.4. The number of benzene rings is 1. The van der Waals surface area contributed by atoms with E-state index >= 15 is 0 Å². The van der Waals surface area contributed by atoms with E-state index in [2.05, 4.69) is 22.1 Å². The molecule has 11 heteroatoms. The zero-order chi connectivity index (χ0) is 22.3. The lowest BCUT2D eigenvalue weighted by Gasteiger charge is -2.34. The van der Waals surface area contributed by atoms with Crippen molar-refractivity contribution in [3.05, 3.63) is 28.8 Å². The Balaban J connectivity index is 1.55. The minimum absolute atomic E-state index is 0.00287. The molecule has 1 aromatic carbocycles. The number of alkyl halides is 3. The Hall–Kier alpha value is -2.06. The van der Waals surface area contributed by atoms with Crippen molar-refractivity contribution >= 4 is 23.2 Å². The van der Waals surface area contributed by atoms with Gasteiger partial charge in [0.2, 0.25) is 5.91 Å². The Morgan fingerprint density at radius 1 is 1.35 bits per heavy atom. The van der Waals surface area contributed by atoms with Crippen LogP contribution in [0, 0.1) is 23.2 Å². The van der Waals surface area contributed by atoms with Gasteiger partial charge in [-0.05, 0) is 37.3 Å². The van der Waals surface area contributed by atoms with Crippen molar-refractivity contribution in [1.29, 1.82) is 5.26 Å². The number of nitrogens with zero attached hydrogens (tertiary/aromatic N) is 2. The van der Waals surface area contributed by atoms with Gasteiger partial charge in [-0.3, -0.25) is 4.79 Å². The van der Waals surface area contributed by atoms with Crippen LogP contribution in [0.2, 0.25) is 5.02 Å². The van der Waals surface area contributed by atoms with E-state index in [1.54, 1.807) is 0 Å². The zero-order valence-corrected chi connectivity index (χ0v) is 17.2. The van der Waals surface area contributed by atoms with Crippen molar-refractivity contribution in [3.63, 3.8) is 0 Å². The number of hydrogen-bond acceptors (Lipinski definition) is 6. The summed E-state index contributed by atoms with van der Waals surface area (Å²) in [5.41, 5.74) is 3.32. The number of aliphatic hydroxyl groups is 1. The molecule has 3 fully saturated rings. The summed E-state index contributed by atoms with van der Waals surface area (Å²) in [5.74, 6) is -0.146. The van der Waals surface area contributed by atoms with Crippen LogP contribution in [-0.2, 0) is 4.79 Å². The molecule has 1 amide bonds. The molecule has 0 radical (unpaired) electrons. The number of carbonyl (C=O) groups excluding carboxylic acids is 1. The highest BCUT2D eigenvalue weighted by Crippen LogP contribution is 2.41. The minimum atomic E-state index is -4.82. The maximum absolute atomic E-state index is 12.8. The van der Waals surface area contributed by atoms with Crippen LogP contribution in [0.15, 0.2) is 18.2 Å². The van der Waals surface area contributed by atoms with E-state index in [0.717, 1.165) is 25.3 Å². The van der Waals surface area contributed by atoms with Gasteiger partial charge in [-0.25, -0.2) is 10.4 Å². The second kappa shape index (κ2) is 8.47. The predicted octanol–water partition coefficient (Wildman–Crippen LogP) is 2.69. The second-order valence-corrected chi connectivity index (χ2v) is 8.69. The van der Waals surface area contributed by atoms with E-state index in [-0.39, 0.29) is 23.0 Å². The number of nitriles is 1. The van der Waals surface area contributed by atoms with Gasteiger partial charge in [-0.15, -0.1) is 0 Å². The number of carbonyl (C=O) groups is 1. The average molecular weight is 458 g/mol. The second-order valence-electron chi connectivity index (χ2n) is 8.28. The summed E-state index contributed by atoms with van der Waals surface area (Å²) in [5, 5.41) is 26.6. The Bertz CT molecular complexity index is 889. The molecule has 168 valence electrons. The summed E-state index contributed by atoms with van der Waals surface area (Å²) in [4.78, 5) is 12.6. The molecule has 4 rings (SSSR count). The van der Waals surface area contributed by atoms with Crippen LogP contribution < -0.4 is 16.1 Å². The third kappa shape index (κ3) is 4.46. The van der Waals surface area contributed by atoms with Crippen LogP contribution in [0.3, 0.4) is 0 Å². The molecule has 0 bridgehead atoms. The first-order valence-electron chi connectivity index (χ1n) is 10.2. The molecular weight excluding hydrogens is 435 g/mol. The first-order valence-corrected chi connectivity index (χ1v) is 10.6. The molecule has 4 unspecified atom stereocenters. The maximum atomic E-state index is 12.8. The summed E-state index contributed by atoms with van der Waals surface area (Å²) in [7, 11) is 0. The van der Waals surface area contributed by atoms with Gasteiger partial charge in [0, 0.05) is 34.9 Å². The molecule has 31 heavy (non-hydrogen) atoms. The smallest absolute Gasteiger partial charge is 0.379 e. The minimum Gasteiger partial charge on any atom is -0.379 e. The molecule has 2 saturated heterocycles. The Morgan fingerprint density at radius 3 is 2.71 bits per heavy atom. The van der Waals surface area contributed by atoms with Gasteiger partial charge in [0.1, 0.15) is 6.17 Å². The molecule has 1 aliphatic carbocycles. The lowest BCUT2D eigenvalue weighted by molar-refractivity contribution is -0.206. The van der Waals surface area contributed by atoms with Gasteiger partial charge < -0.3 is 15.7 Å². The lowest BCUT2D eigenvalue weighted by atomic mass is 9.90. The highest BCUT2D eigenvalue weighted by atomic mass is 35.5. The molecule has 0 spiro atoms. The van der Waals surface area contributed by atoms with Crippen molar-refractivity contribution in [2.45, 2.75) is 56.2 Å². The van der Waals surface area contributed by atoms with Gasteiger partial charge in [0.05, 0.1) is 18.4 Å². The highest BCUT2D eigenvalue weighted by Gasteiger charge is 2.52. The van der Waals surface area contributed by atoms with Crippen LogP contribution in [-0.4, -0.2) is 47.0 Å². The topological polar surface area (TPSA) is 100 Å². The molecule has 2 heterocycles. The predicted molar refractivity (Wildman–Crippen MR) is 106 cm³/mol. The monoisotopic (exact) mass is 457 g/mol. The fourth-order valence-electron chi connectivity index (χ4n) is 4.56. The number of hydrazine groups is 1. The van der Waals surface area contributed by atoms with Gasteiger partial charge in [-0.2, -0.15) is 18.4 Å². The number of halogens is 4. The van der Waals surface area contributed by atoms with Crippen LogP contribution in [0.4, 0.5) is 18.9 Å². The quantitative estimate of drug-likeness (QED) is 0.524. The number of hydrogen-bond donors (Lipinski definition) is 4. The number of rotatable bonds is 6. The number of amides is 1. The summed E-state index contributed by atoms with van der Waals surface area (Å²) in [6.07, 6.45) is -4.83. The molecule has 7 nitrogen and oxygen atoms in total. The standard InChI is InChI=1S/C20H23ClF3N5O2/c21-13-9-11(3-4-12(13)17(30)20(22,23)24)27-18-16-15(6-8-26-19(16)31)29(28-18)14(5-7-25)10-1-2-10/h3-4,9-10,14-18,27-28,30H,1-2,5-6,8H2,(H,26,31)/t14-,15?,16?,17?,18?/m0/s1. The zero-order valence-electron chi connectivity index (χ0n) is 16.5. The van der Waals surface area contributed by atoms with Gasteiger partial charge in [-0.1, -0.05) is 17.7 Å². The molecule has 5 atom stereocenters. The van der Waals surface area contributed by atoms with Gasteiger partial charge >= 0.3 is 6.18 Å². The van der Waals surface area contributed by atoms with Crippen LogP contribution in [0.25, 0.3) is 0 Å². The number of nitrogens with one attached hydrogen (secondary N) is 3. The Labute approximate surface area is 182 Å². The number of anilines is 1. The maximum Gasteiger partial charge on any atom is 0.418 e. The number of piperidine rings is 1. The van der Waals surface area contributed by atoms with E-state index in [9.17, 15) is 28.3 Å². The molecule has 2 aliphatic heterocycles. The van der Waals surface area contributed by atoms with E-state index < -0.39 is 29.9 Å². The highest BCUT2D eigenvalue weighted by molar-refractivity contribution is 6.31. The van der Waals surface area contributed by atoms with Gasteiger partial charge in [0.15, 0.2) is 6.10 Å². The summed E-state index contributed by atoms with van der Waals surface area (Å²) in [6, 6.07) is 5.97. The average Bonchev–Trinajstić information content (AvgIpc) is 3.48. The fourth-order valence-corrected chi connectivity index (χ4v) is 4.85. The molecule has 4 N–H and O–H groups in total. The molecular formula is C20H23ClF3N5O2. The van der Waals surface area contributed by atoms with E-state index in [4.69, 9.17) is 11.6 Å². The van der Waals surface area contributed by atoms with Crippen LogP contribution in [0.5, 0.6) is 0 Å². The first-order chi connectivity index (χ1) is 14.7. The molecule has 1 saturated carbocycles. The third-order valence-electron chi connectivity index (χ3n) is 6.21. The van der Waals surface area contributed by atoms with Gasteiger partial charge in [0.25, 0.3) is 0 Å². The van der Waals surface area contributed by atoms with Crippen molar-refractivity contribution in [2.24, 2.45) is 11.8 Å². The molecule has 3 aliphatic rings. The summed E-state index contributed by atoms with van der Waals surface area (Å²) in [6.45, 7) is 0.546. The van der Waals surface area contributed by atoms with Crippen LogP contribution >= 0.6 is 11.6 Å². The van der Waals surface area contributed by atoms with Crippen molar-refractivity contribution < 1.29 is 23.1 Å². The largest absolute Gasteiger partial charge is 0.418 e. The first kappa shape index (κ1) is 22.1. The fraction of sp³-hybridized carbons (Fsp3) is 0.600.